The number of amides is 3. The molecule has 0 aromatic heterocycles. The molecule has 3 amide bonds. The largest absolute Gasteiger partial charge is 0.380 e. The van der Waals surface area contributed by atoms with Gasteiger partial charge in [0.15, 0.2) is 0 Å². The van der Waals surface area contributed by atoms with Crippen LogP contribution in [0.25, 0.3) is 0 Å². The van der Waals surface area contributed by atoms with Crippen LogP contribution in [0.3, 0.4) is 0 Å². The van der Waals surface area contributed by atoms with Gasteiger partial charge in [0.2, 0.25) is 5.91 Å². The molecule has 6 heteroatoms. The van der Waals surface area contributed by atoms with Crippen LogP contribution in [0.1, 0.15) is 34.1 Å². The van der Waals surface area contributed by atoms with Gasteiger partial charge in [0.05, 0.1) is 12.6 Å². The average Bonchev–Trinajstić information content (AvgIpc) is 2.33. The molecule has 0 spiro atoms. The maximum absolute atomic E-state index is 11.6. The molecule has 1 atom stereocenters. The predicted molar refractivity (Wildman–Crippen MR) is 75.0 cm³/mol. The highest BCUT2D eigenvalue weighted by molar-refractivity contribution is 5.96. The molecule has 112 valence electrons. The number of carbonyl (C=O) groups excluding carboxylic acids is 2. The lowest BCUT2D eigenvalue weighted by Gasteiger charge is -2.13. The van der Waals surface area contributed by atoms with Gasteiger partial charge in [0, 0.05) is 19.7 Å². The van der Waals surface area contributed by atoms with E-state index in [1.54, 1.807) is 13.8 Å². The van der Waals surface area contributed by atoms with Crippen molar-refractivity contribution < 1.29 is 14.3 Å². The van der Waals surface area contributed by atoms with Crippen molar-refractivity contribution in [3.63, 3.8) is 0 Å². The summed E-state index contributed by atoms with van der Waals surface area (Å²) in [6.45, 7) is 10.2. The summed E-state index contributed by atoms with van der Waals surface area (Å²) in [6.07, 6.45) is 1.03. The number of imide groups is 1. The molecule has 0 aliphatic rings. The van der Waals surface area contributed by atoms with E-state index >= 15 is 0 Å². The molecular weight excluding hydrogens is 246 g/mol. The van der Waals surface area contributed by atoms with Crippen LogP contribution in [-0.4, -0.2) is 44.3 Å². The highest BCUT2D eigenvalue weighted by Gasteiger charge is 2.14. The van der Waals surface area contributed by atoms with Gasteiger partial charge in [-0.05, 0) is 26.2 Å². The molecule has 0 aromatic carbocycles. The summed E-state index contributed by atoms with van der Waals surface area (Å²) >= 11 is 0. The Hall–Kier alpha value is -1.14. The minimum absolute atomic E-state index is 0.340. The summed E-state index contributed by atoms with van der Waals surface area (Å²) in [4.78, 5) is 22.7. The van der Waals surface area contributed by atoms with Gasteiger partial charge in [-0.1, -0.05) is 13.8 Å². The van der Waals surface area contributed by atoms with Crippen molar-refractivity contribution in [2.24, 2.45) is 5.92 Å². The Morgan fingerprint density at radius 2 is 1.84 bits per heavy atom. The second-order valence-corrected chi connectivity index (χ2v) is 4.82. The first-order valence-electron chi connectivity index (χ1n) is 6.87. The molecule has 0 rings (SSSR count). The van der Waals surface area contributed by atoms with E-state index in [1.165, 1.54) is 0 Å². The number of carbonyl (C=O) groups is 2. The standard InChI is InChI=1S/C13H27N3O3/c1-5-14-13(18)16-12(17)11(4)15-7-9-19-8-6-10(2)3/h10-11,15H,5-9H2,1-4H3,(H2,14,16,17,18). The smallest absolute Gasteiger partial charge is 0.321 e. The van der Waals surface area contributed by atoms with Gasteiger partial charge in [-0.3, -0.25) is 10.1 Å². The van der Waals surface area contributed by atoms with Crippen LogP contribution >= 0.6 is 0 Å². The van der Waals surface area contributed by atoms with Gasteiger partial charge in [-0.15, -0.1) is 0 Å². The molecule has 3 N–H and O–H groups in total. The van der Waals surface area contributed by atoms with Crippen molar-refractivity contribution in [1.29, 1.82) is 0 Å². The highest BCUT2D eigenvalue weighted by atomic mass is 16.5. The zero-order chi connectivity index (χ0) is 14.7. The third-order valence-corrected chi connectivity index (χ3v) is 2.50. The van der Waals surface area contributed by atoms with E-state index < -0.39 is 12.1 Å². The normalized spacial score (nSPS) is 12.3. The number of rotatable bonds is 9. The van der Waals surface area contributed by atoms with E-state index in [9.17, 15) is 9.59 Å². The van der Waals surface area contributed by atoms with Crippen LogP contribution in [0.15, 0.2) is 0 Å². The summed E-state index contributed by atoms with van der Waals surface area (Å²) in [6, 6.07) is -0.884. The maximum atomic E-state index is 11.6. The number of nitrogens with one attached hydrogen (secondary N) is 3. The van der Waals surface area contributed by atoms with Gasteiger partial charge < -0.3 is 15.4 Å². The first-order chi connectivity index (χ1) is 8.97. The van der Waals surface area contributed by atoms with Crippen molar-refractivity contribution in [2.45, 2.75) is 40.2 Å². The molecule has 0 saturated heterocycles. The Balaban J connectivity index is 3.59. The average molecular weight is 273 g/mol. The molecular formula is C13H27N3O3. The van der Waals surface area contributed by atoms with Crippen molar-refractivity contribution in [3.8, 4) is 0 Å². The van der Waals surface area contributed by atoms with Gasteiger partial charge in [0.1, 0.15) is 0 Å². The zero-order valence-corrected chi connectivity index (χ0v) is 12.4. The molecule has 19 heavy (non-hydrogen) atoms. The molecule has 0 saturated carbocycles. The van der Waals surface area contributed by atoms with Gasteiger partial charge >= 0.3 is 6.03 Å². The Morgan fingerprint density at radius 1 is 1.16 bits per heavy atom. The molecule has 0 bridgehead atoms. The molecule has 0 radical (unpaired) electrons. The van der Waals surface area contributed by atoms with Crippen LogP contribution in [0, 0.1) is 5.92 Å². The monoisotopic (exact) mass is 273 g/mol. The van der Waals surface area contributed by atoms with E-state index in [4.69, 9.17) is 4.74 Å². The number of ether oxygens (including phenoxy) is 1. The lowest BCUT2D eigenvalue weighted by molar-refractivity contribution is -0.121. The minimum atomic E-state index is -0.464. The molecule has 0 aromatic rings. The molecule has 0 aliphatic heterocycles. The maximum Gasteiger partial charge on any atom is 0.321 e. The summed E-state index contributed by atoms with van der Waals surface area (Å²) in [5.41, 5.74) is 0. The van der Waals surface area contributed by atoms with Crippen LogP contribution < -0.4 is 16.0 Å². The first kappa shape index (κ1) is 17.9. The molecule has 6 nitrogen and oxygen atoms in total. The van der Waals surface area contributed by atoms with Crippen molar-refractivity contribution >= 4 is 11.9 Å². The summed E-state index contributed by atoms with van der Waals surface area (Å²) in [7, 11) is 0. The molecule has 1 unspecified atom stereocenters. The van der Waals surface area contributed by atoms with E-state index in [-0.39, 0.29) is 5.91 Å². The highest BCUT2D eigenvalue weighted by Crippen LogP contribution is 1.98. The fraction of sp³-hybridized carbons (Fsp3) is 0.846. The van der Waals surface area contributed by atoms with Crippen molar-refractivity contribution in [2.75, 3.05) is 26.3 Å². The van der Waals surface area contributed by atoms with Crippen molar-refractivity contribution in [3.05, 3.63) is 0 Å². The van der Waals surface area contributed by atoms with Crippen LogP contribution in [0.4, 0.5) is 4.79 Å². The number of hydrogen-bond donors (Lipinski definition) is 3. The van der Waals surface area contributed by atoms with E-state index in [0.29, 0.717) is 25.6 Å². The van der Waals surface area contributed by atoms with E-state index in [1.807, 2.05) is 0 Å². The summed E-state index contributed by atoms with van der Waals surface area (Å²) in [5.74, 6) is 0.294. The minimum Gasteiger partial charge on any atom is -0.380 e. The third kappa shape index (κ3) is 10.5. The fourth-order valence-corrected chi connectivity index (χ4v) is 1.29. The van der Waals surface area contributed by atoms with Gasteiger partial charge in [-0.25, -0.2) is 4.79 Å². The van der Waals surface area contributed by atoms with E-state index in [0.717, 1.165) is 13.0 Å². The Morgan fingerprint density at radius 3 is 2.42 bits per heavy atom. The van der Waals surface area contributed by atoms with Crippen LogP contribution in [-0.2, 0) is 9.53 Å². The third-order valence-electron chi connectivity index (χ3n) is 2.50. The van der Waals surface area contributed by atoms with Crippen LogP contribution in [0.2, 0.25) is 0 Å². The molecule has 0 fully saturated rings. The predicted octanol–water partition coefficient (Wildman–Crippen LogP) is 0.873. The lowest BCUT2D eigenvalue weighted by atomic mass is 10.1. The second-order valence-electron chi connectivity index (χ2n) is 4.82. The quantitative estimate of drug-likeness (QED) is 0.545. The SMILES string of the molecule is CCNC(=O)NC(=O)C(C)NCCOCCC(C)C. The Bertz CT molecular complexity index is 270. The van der Waals surface area contributed by atoms with E-state index in [2.05, 4.69) is 29.8 Å². The van der Waals surface area contributed by atoms with Crippen LogP contribution in [0.5, 0.6) is 0 Å². The first-order valence-corrected chi connectivity index (χ1v) is 6.87. The van der Waals surface area contributed by atoms with Crippen molar-refractivity contribution in [1.82, 2.24) is 16.0 Å². The zero-order valence-electron chi connectivity index (χ0n) is 12.4. The summed E-state index contributed by atoms with van der Waals surface area (Å²) < 4.78 is 5.42. The Kier molecular flexibility index (Phi) is 10.1. The summed E-state index contributed by atoms with van der Waals surface area (Å²) in [5, 5.41) is 7.76. The molecule has 0 aliphatic carbocycles. The lowest BCUT2D eigenvalue weighted by Crippen LogP contribution is -2.48. The van der Waals surface area contributed by atoms with Gasteiger partial charge in [0.25, 0.3) is 0 Å². The topological polar surface area (TPSA) is 79.5 Å². The van der Waals surface area contributed by atoms with Gasteiger partial charge in [-0.2, -0.15) is 0 Å². The fourth-order valence-electron chi connectivity index (χ4n) is 1.29. The number of urea groups is 1. The number of hydrogen-bond acceptors (Lipinski definition) is 4. The Labute approximate surface area is 115 Å². The molecule has 0 heterocycles. The second kappa shape index (κ2) is 10.8.